The van der Waals surface area contributed by atoms with Gasteiger partial charge in [0.05, 0.1) is 6.10 Å². The Morgan fingerprint density at radius 1 is 1.33 bits per heavy atom. The molecule has 4 N–H and O–H groups in total. The first-order valence-electron chi connectivity index (χ1n) is 6.55. The molecule has 2 rings (SSSR count). The molecule has 0 fully saturated rings. The number of fused-ring (bicyclic) bond motifs is 1. The minimum Gasteiger partial charge on any atom is -0.390 e. The van der Waals surface area contributed by atoms with Crippen molar-refractivity contribution in [3.8, 4) is 0 Å². The summed E-state index contributed by atoms with van der Waals surface area (Å²) in [6.07, 6.45) is 0.0683. The van der Waals surface area contributed by atoms with E-state index in [0.29, 0.717) is 13.0 Å². The molecule has 0 saturated carbocycles. The van der Waals surface area contributed by atoms with E-state index in [1.54, 1.807) is 0 Å². The molecular weight excluding hydrogens is 228 g/mol. The normalized spacial score (nSPS) is 18.2. The van der Waals surface area contributed by atoms with Gasteiger partial charge in [-0.25, -0.2) is 0 Å². The molecule has 1 aliphatic heterocycles. The van der Waals surface area contributed by atoms with Crippen LogP contribution in [-0.4, -0.2) is 36.5 Å². The van der Waals surface area contributed by atoms with Gasteiger partial charge in [-0.3, -0.25) is 0 Å². The van der Waals surface area contributed by atoms with Crippen LogP contribution in [-0.2, 0) is 13.0 Å². The molecule has 0 bridgehead atoms. The zero-order chi connectivity index (χ0) is 13.0. The molecule has 2 unspecified atom stereocenters. The maximum absolute atomic E-state index is 10.1. The summed E-state index contributed by atoms with van der Waals surface area (Å²) < 4.78 is 0. The van der Waals surface area contributed by atoms with Crippen molar-refractivity contribution in [2.75, 3.05) is 20.1 Å². The van der Waals surface area contributed by atoms with E-state index in [0.717, 1.165) is 25.1 Å². The van der Waals surface area contributed by atoms with Gasteiger partial charge in [0.1, 0.15) is 6.10 Å². The number of nitrogens with one attached hydrogen (secondary N) is 2. The van der Waals surface area contributed by atoms with Crippen LogP contribution < -0.4 is 10.6 Å². The lowest BCUT2D eigenvalue weighted by Gasteiger charge is -2.22. The molecular formula is C14H22N2O2. The van der Waals surface area contributed by atoms with Crippen LogP contribution in [0, 0.1) is 0 Å². The molecule has 1 aromatic rings. The topological polar surface area (TPSA) is 64.5 Å². The quantitative estimate of drug-likeness (QED) is 0.608. The Morgan fingerprint density at radius 2 is 2.17 bits per heavy atom. The minimum absolute atomic E-state index is 0.549. The molecule has 18 heavy (non-hydrogen) atoms. The van der Waals surface area contributed by atoms with Crippen LogP contribution in [0.25, 0.3) is 0 Å². The van der Waals surface area contributed by atoms with Gasteiger partial charge >= 0.3 is 0 Å². The minimum atomic E-state index is -0.800. The van der Waals surface area contributed by atoms with Crippen LogP contribution in [0.5, 0.6) is 0 Å². The molecule has 4 nitrogen and oxygen atoms in total. The van der Waals surface area contributed by atoms with Crippen molar-refractivity contribution in [1.29, 1.82) is 0 Å². The third kappa shape index (κ3) is 3.09. The number of aliphatic hydroxyl groups excluding tert-OH is 2. The van der Waals surface area contributed by atoms with Crippen molar-refractivity contribution < 1.29 is 10.2 Å². The van der Waals surface area contributed by atoms with Crippen molar-refractivity contribution >= 4 is 0 Å². The van der Waals surface area contributed by atoms with E-state index in [1.807, 2.05) is 19.2 Å². The number of aliphatic hydroxyl groups is 2. The molecule has 2 atom stereocenters. The Hall–Kier alpha value is -0.940. The second kappa shape index (κ2) is 6.29. The van der Waals surface area contributed by atoms with Gasteiger partial charge < -0.3 is 20.8 Å². The molecule has 100 valence electrons. The van der Waals surface area contributed by atoms with Crippen LogP contribution in [0.4, 0.5) is 0 Å². The summed E-state index contributed by atoms with van der Waals surface area (Å²) in [5, 5.41) is 26.3. The molecule has 0 saturated heterocycles. The first-order valence-corrected chi connectivity index (χ1v) is 6.55. The molecule has 1 aliphatic rings. The summed E-state index contributed by atoms with van der Waals surface area (Å²) in [4.78, 5) is 0. The predicted molar refractivity (Wildman–Crippen MR) is 71.4 cm³/mol. The molecule has 1 heterocycles. The molecule has 0 aliphatic carbocycles. The van der Waals surface area contributed by atoms with Crippen LogP contribution in [0.15, 0.2) is 18.2 Å². The molecule has 0 amide bonds. The van der Waals surface area contributed by atoms with Crippen molar-refractivity contribution in [2.45, 2.75) is 31.6 Å². The Kier molecular flexibility index (Phi) is 4.72. The van der Waals surface area contributed by atoms with Crippen molar-refractivity contribution in [3.05, 3.63) is 34.9 Å². The highest BCUT2D eigenvalue weighted by Gasteiger charge is 2.19. The highest BCUT2D eigenvalue weighted by Crippen LogP contribution is 2.23. The molecule has 1 aromatic carbocycles. The van der Waals surface area contributed by atoms with Crippen LogP contribution >= 0.6 is 0 Å². The lowest BCUT2D eigenvalue weighted by Crippen LogP contribution is -2.25. The van der Waals surface area contributed by atoms with Crippen LogP contribution in [0.1, 0.15) is 29.2 Å². The van der Waals surface area contributed by atoms with Gasteiger partial charge in [0.2, 0.25) is 0 Å². The average molecular weight is 250 g/mol. The van der Waals surface area contributed by atoms with Crippen molar-refractivity contribution in [3.63, 3.8) is 0 Å². The third-order valence-electron chi connectivity index (χ3n) is 3.51. The van der Waals surface area contributed by atoms with Gasteiger partial charge in [-0.1, -0.05) is 18.2 Å². The summed E-state index contributed by atoms with van der Waals surface area (Å²) in [5.74, 6) is 0. The first kappa shape index (κ1) is 13.5. The Morgan fingerprint density at radius 3 is 2.94 bits per heavy atom. The second-order valence-corrected chi connectivity index (χ2v) is 4.86. The van der Waals surface area contributed by atoms with Crippen LogP contribution in [0.3, 0.4) is 0 Å². The van der Waals surface area contributed by atoms with Gasteiger partial charge in [0, 0.05) is 6.54 Å². The SMILES string of the molecule is CNCCC(O)C(O)c1ccc2c(c1)CNCC2. The molecule has 0 spiro atoms. The van der Waals surface area contributed by atoms with Crippen molar-refractivity contribution in [1.82, 2.24) is 10.6 Å². The van der Waals surface area contributed by atoms with Gasteiger partial charge in [0.15, 0.2) is 0 Å². The highest BCUT2D eigenvalue weighted by molar-refractivity contribution is 5.35. The standard InChI is InChI=1S/C14H22N2O2/c1-15-6-5-13(17)14(18)11-3-2-10-4-7-16-9-12(10)8-11/h2-3,8,13-18H,4-7,9H2,1H3. The fourth-order valence-corrected chi connectivity index (χ4v) is 2.36. The van der Waals surface area contributed by atoms with E-state index in [2.05, 4.69) is 16.7 Å². The fourth-order valence-electron chi connectivity index (χ4n) is 2.36. The highest BCUT2D eigenvalue weighted by atomic mass is 16.3. The summed E-state index contributed by atoms with van der Waals surface area (Å²) >= 11 is 0. The van der Waals surface area contributed by atoms with Gasteiger partial charge in [0.25, 0.3) is 0 Å². The van der Waals surface area contributed by atoms with Gasteiger partial charge in [-0.15, -0.1) is 0 Å². The first-order chi connectivity index (χ1) is 8.72. The zero-order valence-corrected chi connectivity index (χ0v) is 10.8. The van der Waals surface area contributed by atoms with E-state index in [-0.39, 0.29) is 0 Å². The Bertz CT molecular complexity index is 395. The zero-order valence-electron chi connectivity index (χ0n) is 10.8. The molecule has 0 radical (unpaired) electrons. The number of rotatable bonds is 5. The molecule has 0 aromatic heterocycles. The smallest absolute Gasteiger partial charge is 0.105 e. The summed E-state index contributed by atoms with van der Waals surface area (Å²) in [7, 11) is 1.84. The van der Waals surface area contributed by atoms with Gasteiger partial charge in [-0.05, 0) is 49.7 Å². The fraction of sp³-hybridized carbons (Fsp3) is 0.571. The average Bonchev–Trinajstić information content (AvgIpc) is 2.43. The van der Waals surface area contributed by atoms with Gasteiger partial charge in [-0.2, -0.15) is 0 Å². The predicted octanol–water partition coefficient (Wildman–Crippen LogP) is 0.336. The number of benzene rings is 1. The van der Waals surface area contributed by atoms with Crippen molar-refractivity contribution in [2.24, 2.45) is 0 Å². The van der Waals surface area contributed by atoms with E-state index >= 15 is 0 Å². The van der Waals surface area contributed by atoms with E-state index in [1.165, 1.54) is 11.1 Å². The maximum Gasteiger partial charge on any atom is 0.105 e. The lowest BCUT2D eigenvalue weighted by molar-refractivity contribution is 0.0140. The summed E-state index contributed by atoms with van der Waals surface area (Å²) in [6.45, 7) is 2.56. The maximum atomic E-state index is 10.1. The monoisotopic (exact) mass is 250 g/mol. The van der Waals surface area contributed by atoms with E-state index in [9.17, 15) is 10.2 Å². The summed E-state index contributed by atoms with van der Waals surface area (Å²) in [6, 6.07) is 6.01. The van der Waals surface area contributed by atoms with Crippen LogP contribution in [0.2, 0.25) is 0 Å². The second-order valence-electron chi connectivity index (χ2n) is 4.86. The number of hydrogen-bond donors (Lipinski definition) is 4. The molecule has 4 heteroatoms. The van der Waals surface area contributed by atoms with E-state index < -0.39 is 12.2 Å². The largest absolute Gasteiger partial charge is 0.390 e. The lowest BCUT2D eigenvalue weighted by atomic mass is 9.94. The number of hydrogen-bond acceptors (Lipinski definition) is 4. The summed E-state index contributed by atoms with van der Waals surface area (Å²) in [5.41, 5.74) is 3.38. The Labute approximate surface area is 108 Å². The third-order valence-corrected chi connectivity index (χ3v) is 3.51. The van der Waals surface area contributed by atoms with E-state index in [4.69, 9.17) is 0 Å². The Balaban J connectivity index is 2.08.